The molecule has 0 saturated heterocycles. The van der Waals surface area contributed by atoms with Gasteiger partial charge in [0.05, 0.1) is 18.3 Å². The molecule has 2 N–H and O–H groups in total. The van der Waals surface area contributed by atoms with Crippen LogP contribution in [0.3, 0.4) is 0 Å². The summed E-state index contributed by atoms with van der Waals surface area (Å²) in [5, 5.41) is 12.5. The van der Waals surface area contributed by atoms with Gasteiger partial charge in [0.15, 0.2) is 6.54 Å². The maximum absolute atomic E-state index is 12.1. The van der Waals surface area contributed by atoms with E-state index in [0.29, 0.717) is 36.0 Å². The second-order valence-electron chi connectivity index (χ2n) is 5.39. The van der Waals surface area contributed by atoms with Gasteiger partial charge in [0.1, 0.15) is 25.0 Å². The molecule has 0 bridgehead atoms. The number of halogens is 1. The Hall–Kier alpha value is -2.55. The molecule has 0 aliphatic carbocycles. The van der Waals surface area contributed by atoms with Gasteiger partial charge in [-0.1, -0.05) is 23.7 Å². The Kier molecular flexibility index (Phi) is 6.62. The average Bonchev–Trinajstić information content (AvgIpc) is 2.57. The normalized spacial score (nSPS) is 11.4. The molecule has 0 fully saturated rings. The molecule has 2 aromatic rings. The van der Waals surface area contributed by atoms with Gasteiger partial charge in [0.2, 0.25) is 0 Å². The molecule has 0 heterocycles. The molecule has 0 spiro atoms. The van der Waals surface area contributed by atoms with Crippen molar-refractivity contribution in [1.29, 1.82) is 5.26 Å². The zero-order chi connectivity index (χ0) is 17.4. The summed E-state index contributed by atoms with van der Waals surface area (Å²) in [5.41, 5.74) is 0.991. The SMILES string of the molecule is C[NH+](CCOc1ccc(Cl)cc1)CC(=O)Nc1ccccc1C#N. The van der Waals surface area contributed by atoms with Gasteiger partial charge in [0, 0.05) is 5.02 Å². The van der Waals surface area contributed by atoms with Crippen molar-refractivity contribution in [2.75, 3.05) is 32.1 Å². The molecule has 0 aliphatic heterocycles. The molecule has 1 unspecified atom stereocenters. The number of quaternary nitrogens is 1. The summed E-state index contributed by atoms with van der Waals surface area (Å²) in [6, 6.07) is 16.2. The number of carbonyl (C=O) groups is 1. The van der Waals surface area contributed by atoms with Crippen LogP contribution in [0.1, 0.15) is 5.56 Å². The van der Waals surface area contributed by atoms with E-state index in [9.17, 15) is 4.79 Å². The number of rotatable bonds is 7. The molecule has 0 aromatic heterocycles. The van der Waals surface area contributed by atoms with Crippen molar-refractivity contribution < 1.29 is 14.4 Å². The van der Waals surface area contributed by atoms with Crippen molar-refractivity contribution >= 4 is 23.2 Å². The topological polar surface area (TPSA) is 66.6 Å². The first-order valence-corrected chi connectivity index (χ1v) is 7.95. The second-order valence-corrected chi connectivity index (χ2v) is 5.83. The molecule has 124 valence electrons. The molecule has 0 saturated carbocycles. The first kappa shape index (κ1) is 17.8. The largest absolute Gasteiger partial charge is 0.488 e. The van der Waals surface area contributed by atoms with Gasteiger partial charge in [0.25, 0.3) is 5.91 Å². The molecule has 2 rings (SSSR count). The van der Waals surface area contributed by atoms with Crippen molar-refractivity contribution in [3.8, 4) is 11.8 Å². The number of hydrogen-bond donors (Lipinski definition) is 2. The van der Waals surface area contributed by atoms with Gasteiger partial charge in [-0.2, -0.15) is 5.26 Å². The predicted octanol–water partition coefficient (Wildman–Crippen LogP) is 1.74. The van der Waals surface area contributed by atoms with Crippen LogP contribution in [-0.2, 0) is 4.79 Å². The third kappa shape index (κ3) is 5.58. The third-order valence-corrected chi connectivity index (χ3v) is 3.65. The molecule has 0 aliphatic rings. The fourth-order valence-corrected chi connectivity index (χ4v) is 2.25. The van der Waals surface area contributed by atoms with Crippen LogP contribution >= 0.6 is 11.6 Å². The fraction of sp³-hybridized carbons (Fsp3) is 0.222. The van der Waals surface area contributed by atoms with Crippen molar-refractivity contribution in [2.45, 2.75) is 0 Å². The number of nitrogens with one attached hydrogen (secondary N) is 2. The molecule has 2 aromatic carbocycles. The number of carbonyl (C=O) groups excluding carboxylic acids is 1. The highest BCUT2D eigenvalue weighted by Crippen LogP contribution is 2.15. The molecule has 24 heavy (non-hydrogen) atoms. The number of para-hydroxylation sites is 1. The summed E-state index contributed by atoms with van der Waals surface area (Å²) in [6.07, 6.45) is 0. The van der Waals surface area contributed by atoms with Crippen molar-refractivity contribution in [3.63, 3.8) is 0 Å². The van der Waals surface area contributed by atoms with Crippen LogP contribution in [0.15, 0.2) is 48.5 Å². The zero-order valence-electron chi connectivity index (χ0n) is 13.4. The van der Waals surface area contributed by atoms with Crippen LogP contribution < -0.4 is 15.0 Å². The summed E-state index contributed by atoms with van der Waals surface area (Å²) in [6.45, 7) is 1.47. The Morgan fingerprint density at radius 1 is 1.25 bits per heavy atom. The Balaban J connectivity index is 1.75. The standard InChI is InChI=1S/C18H18ClN3O2/c1-22(10-11-24-16-8-6-15(19)7-9-16)13-18(23)21-17-5-3-2-4-14(17)12-20/h2-9H,10-11,13H2,1H3,(H,21,23)/p+1. The predicted molar refractivity (Wildman–Crippen MR) is 93.4 cm³/mol. The van der Waals surface area contributed by atoms with E-state index >= 15 is 0 Å². The fourth-order valence-electron chi connectivity index (χ4n) is 2.12. The minimum absolute atomic E-state index is 0.137. The van der Waals surface area contributed by atoms with Crippen molar-refractivity contribution in [1.82, 2.24) is 0 Å². The number of amides is 1. The lowest BCUT2D eigenvalue weighted by atomic mass is 10.2. The minimum Gasteiger partial charge on any atom is -0.488 e. The zero-order valence-corrected chi connectivity index (χ0v) is 14.1. The molecular weight excluding hydrogens is 326 g/mol. The number of nitrogens with zero attached hydrogens (tertiary/aromatic N) is 1. The van der Waals surface area contributed by atoms with Gasteiger partial charge >= 0.3 is 0 Å². The van der Waals surface area contributed by atoms with Gasteiger partial charge in [-0.15, -0.1) is 0 Å². The summed E-state index contributed by atoms with van der Waals surface area (Å²) < 4.78 is 5.61. The average molecular weight is 345 g/mol. The lowest BCUT2D eigenvalue weighted by molar-refractivity contribution is -0.871. The molecule has 1 amide bonds. The highest BCUT2D eigenvalue weighted by atomic mass is 35.5. The first-order valence-electron chi connectivity index (χ1n) is 7.57. The second kappa shape index (κ2) is 8.92. The number of anilines is 1. The first-order chi connectivity index (χ1) is 11.6. The summed E-state index contributed by atoms with van der Waals surface area (Å²) >= 11 is 5.82. The van der Waals surface area contributed by atoms with Gasteiger partial charge in [-0.25, -0.2) is 0 Å². The lowest BCUT2D eigenvalue weighted by Crippen LogP contribution is -3.10. The number of benzene rings is 2. The Bertz CT molecular complexity index is 726. The summed E-state index contributed by atoms with van der Waals surface area (Å²) in [5.74, 6) is 0.612. The van der Waals surface area contributed by atoms with Crippen LogP contribution in [0.4, 0.5) is 5.69 Å². The number of nitriles is 1. The highest BCUT2D eigenvalue weighted by Gasteiger charge is 2.12. The van der Waals surface area contributed by atoms with E-state index in [1.165, 1.54) is 0 Å². The Morgan fingerprint density at radius 2 is 1.96 bits per heavy atom. The number of hydrogen-bond acceptors (Lipinski definition) is 3. The number of likely N-dealkylation sites (N-methyl/N-ethyl adjacent to an activating group) is 1. The summed E-state index contributed by atoms with van der Waals surface area (Å²) in [7, 11) is 1.92. The third-order valence-electron chi connectivity index (χ3n) is 3.40. The minimum atomic E-state index is -0.137. The van der Waals surface area contributed by atoms with Crippen LogP contribution in [0.25, 0.3) is 0 Å². The van der Waals surface area contributed by atoms with E-state index in [0.717, 1.165) is 10.6 Å². The van der Waals surface area contributed by atoms with Crippen LogP contribution in [-0.4, -0.2) is 32.7 Å². The number of ether oxygens (including phenoxy) is 1. The monoisotopic (exact) mass is 344 g/mol. The molecule has 5 nitrogen and oxygen atoms in total. The van der Waals surface area contributed by atoms with E-state index < -0.39 is 0 Å². The van der Waals surface area contributed by atoms with E-state index in [1.807, 2.05) is 19.2 Å². The van der Waals surface area contributed by atoms with Crippen molar-refractivity contribution in [2.24, 2.45) is 0 Å². The molecule has 6 heteroatoms. The van der Waals surface area contributed by atoms with Crippen LogP contribution in [0, 0.1) is 11.3 Å². The van der Waals surface area contributed by atoms with Crippen LogP contribution in [0.5, 0.6) is 5.75 Å². The quantitative estimate of drug-likeness (QED) is 0.804. The van der Waals surface area contributed by atoms with E-state index in [4.69, 9.17) is 21.6 Å². The van der Waals surface area contributed by atoms with Gasteiger partial charge in [-0.05, 0) is 36.4 Å². The molecular formula is C18H19ClN3O2+. The summed E-state index contributed by atoms with van der Waals surface area (Å²) in [4.78, 5) is 13.1. The van der Waals surface area contributed by atoms with E-state index in [1.54, 1.807) is 36.4 Å². The van der Waals surface area contributed by atoms with Crippen LogP contribution in [0.2, 0.25) is 5.02 Å². The van der Waals surface area contributed by atoms with E-state index in [2.05, 4.69) is 11.4 Å². The molecule has 1 atom stereocenters. The highest BCUT2D eigenvalue weighted by molar-refractivity contribution is 6.30. The Morgan fingerprint density at radius 3 is 2.67 bits per heavy atom. The lowest BCUT2D eigenvalue weighted by Gasteiger charge is -2.14. The maximum Gasteiger partial charge on any atom is 0.279 e. The molecule has 0 radical (unpaired) electrons. The van der Waals surface area contributed by atoms with Gasteiger partial charge < -0.3 is 15.0 Å². The maximum atomic E-state index is 12.1. The van der Waals surface area contributed by atoms with Gasteiger partial charge in [-0.3, -0.25) is 4.79 Å². The van der Waals surface area contributed by atoms with E-state index in [-0.39, 0.29) is 5.91 Å². The Labute approximate surface area is 146 Å². The van der Waals surface area contributed by atoms with Crippen molar-refractivity contribution in [3.05, 3.63) is 59.1 Å². The smallest absolute Gasteiger partial charge is 0.279 e.